The van der Waals surface area contributed by atoms with Crippen molar-refractivity contribution in [2.75, 3.05) is 0 Å². The summed E-state index contributed by atoms with van der Waals surface area (Å²) in [6.45, 7) is 0.301. The highest BCUT2D eigenvalue weighted by Crippen LogP contribution is 2.21. The van der Waals surface area contributed by atoms with Crippen LogP contribution in [-0.2, 0) is 6.61 Å². The van der Waals surface area contributed by atoms with Crippen LogP contribution in [0.2, 0.25) is 0 Å². The van der Waals surface area contributed by atoms with Crippen LogP contribution in [0, 0.1) is 21.4 Å². The van der Waals surface area contributed by atoms with Crippen LogP contribution in [-0.4, -0.2) is 14.9 Å². The van der Waals surface area contributed by atoms with Gasteiger partial charge in [0.05, 0.1) is 21.5 Å². The maximum Gasteiger partial charge on any atom is 0.269 e. The van der Waals surface area contributed by atoms with Crippen molar-refractivity contribution in [3.8, 4) is 11.8 Å². The van der Waals surface area contributed by atoms with Crippen LogP contribution in [0.5, 0.6) is 5.75 Å². The monoisotopic (exact) mass is 396 g/mol. The molecule has 1 N–H and O–H groups in total. The predicted molar refractivity (Wildman–Crippen MR) is 113 cm³/mol. The fourth-order valence-corrected chi connectivity index (χ4v) is 2.94. The Balaban J connectivity index is 1.45. The van der Waals surface area contributed by atoms with Crippen molar-refractivity contribution in [2.24, 2.45) is 0 Å². The first-order valence-electron chi connectivity index (χ1n) is 9.15. The second-order valence-corrected chi connectivity index (χ2v) is 6.55. The second kappa shape index (κ2) is 8.29. The number of non-ortho nitro benzene ring substituents is 1. The zero-order chi connectivity index (χ0) is 20.9. The normalized spacial score (nSPS) is 11.2. The van der Waals surface area contributed by atoms with Gasteiger partial charge < -0.3 is 9.72 Å². The third kappa shape index (κ3) is 4.18. The van der Waals surface area contributed by atoms with Crippen LogP contribution < -0.4 is 4.74 Å². The van der Waals surface area contributed by atoms with Gasteiger partial charge in [-0.25, -0.2) is 4.98 Å². The van der Waals surface area contributed by atoms with Gasteiger partial charge in [-0.15, -0.1) is 0 Å². The van der Waals surface area contributed by atoms with E-state index in [9.17, 15) is 15.4 Å². The van der Waals surface area contributed by atoms with Crippen molar-refractivity contribution in [3.63, 3.8) is 0 Å². The summed E-state index contributed by atoms with van der Waals surface area (Å²) >= 11 is 0. The van der Waals surface area contributed by atoms with E-state index in [1.54, 1.807) is 18.2 Å². The lowest BCUT2D eigenvalue weighted by atomic mass is 10.1. The smallest absolute Gasteiger partial charge is 0.269 e. The molecule has 0 fully saturated rings. The Morgan fingerprint density at radius 3 is 2.50 bits per heavy atom. The first-order valence-corrected chi connectivity index (χ1v) is 9.15. The predicted octanol–water partition coefficient (Wildman–Crippen LogP) is 5.11. The molecule has 0 saturated carbocycles. The number of H-pyrrole nitrogens is 1. The van der Waals surface area contributed by atoms with E-state index >= 15 is 0 Å². The third-order valence-electron chi connectivity index (χ3n) is 4.51. The third-order valence-corrected chi connectivity index (χ3v) is 4.51. The highest BCUT2D eigenvalue weighted by atomic mass is 16.6. The molecule has 4 rings (SSSR count). The number of aromatic nitrogens is 2. The van der Waals surface area contributed by atoms with Crippen molar-refractivity contribution < 1.29 is 9.66 Å². The number of fused-ring (bicyclic) bond motifs is 1. The number of aromatic amines is 1. The molecule has 146 valence electrons. The van der Waals surface area contributed by atoms with E-state index in [0.29, 0.717) is 23.8 Å². The molecule has 0 aliphatic heterocycles. The van der Waals surface area contributed by atoms with E-state index in [1.165, 1.54) is 12.1 Å². The number of ether oxygens (including phenoxy) is 1. The summed E-state index contributed by atoms with van der Waals surface area (Å²) < 4.78 is 5.73. The van der Waals surface area contributed by atoms with Gasteiger partial charge in [0.15, 0.2) is 0 Å². The lowest BCUT2D eigenvalue weighted by molar-refractivity contribution is -0.384. The van der Waals surface area contributed by atoms with Gasteiger partial charge >= 0.3 is 0 Å². The number of nitriles is 1. The number of nitro benzene ring substituents is 1. The van der Waals surface area contributed by atoms with Crippen LogP contribution in [0.25, 0.3) is 22.7 Å². The Hall–Kier alpha value is -4.44. The number of nitro groups is 1. The summed E-state index contributed by atoms with van der Waals surface area (Å²) in [7, 11) is 0. The van der Waals surface area contributed by atoms with Crippen molar-refractivity contribution in [1.29, 1.82) is 5.26 Å². The Morgan fingerprint density at radius 1 is 1.10 bits per heavy atom. The molecule has 1 aromatic heterocycles. The zero-order valence-corrected chi connectivity index (χ0v) is 15.8. The average molecular weight is 396 g/mol. The van der Waals surface area contributed by atoms with E-state index in [0.717, 1.165) is 22.2 Å². The first kappa shape index (κ1) is 18.9. The Bertz CT molecular complexity index is 1230. The summed E-state index contributed by atoms with van der Waals surface area (Å²) in [6.07, 6.45) is 1.76. The van der Waals surface area contributed by atoms with Crippen LogP contribution in [0.15, 0.2) is 72.8 Å². The molecule has 0 atom stereocenters. The molecule has 7 heteroatoms. The van der Waals surface area contributed by atoms with Gasteiger partial charge in [-0.1, -0.05) is 24.3 Å². The van der Waals surface area contributed by atoms with Gasteiger partial charge in [0.1, 0.15) is 24.3 Å². The van der Waals surface area contributed by atoms with Gasteiger partial charge in [0.2, 0.25) is 0 Å². The molecular weight excluding hydrogens is 380 g/mol. The summed E-state index contributed by atoms with van der Waals surface area (Å²) in [5, 5.41) is 20.2. The number of imidazole rings is 1. The molecule has 0 unspecified atom stereocenters. The highest BCUT2D eigenvalue weighted by molar-refractivity contribution is 5.90. The standard InChI is InChI=1S/C23H16N4O3/c24-14-18(23-25-21-3-1-2-4-22(21)26-23)13-16-7-11-20(12-8-16)30-15-17-5-9-19(10-6-17)27(28)29/h1-13H,15H2,(H,25,26)/b18-13+. The van der Waals surface area contributed by atoms with Crippen LogP contribution in [0.4, 0.5) is 5.69 Å². The number of benzene rings is 3. The molecule has 0 radical (unpaired) electrons. The van der Waals surface area contributed by atoms with E-state index in [4.69, 9.17) is 4.74 Å². The molecule has 1 heterocycles. The Kier molecular flexibility index (Phi) is 5.22. The lowest BCUT2D eigenvalue weighted by Gasteiger charge is -2.06. The lowest BCUT2D eigenvalue weighted by Crippen LogP contribution is -1.96. The molecular formula is C23H16N4O3. The topological polar surface area (TPSA) is 105 Å². The minimum absolute atomic E-state index is 0.0487. The quantitative estimate of drug-likeness (QED) is 0.277. The van der Waals surface area contributed by atoms with Crippen molar-refractivity contribution in [2.45, 2.75) is 6.61 Å². The van der Waals surface area contributed by atoms with Gasteiger partial charge in [0, 0.05) is 12.1 Å². The number of nitrogens with one attached hydrogen (secondary N) is 1. The number of allylic oxidation sites excluding steroid dienone is 1. The largest absolute Gasteiger partial charge is 0.489 e. The fourth-order valence-electron chi connectivity index (χ4n) is 2.94. The molecule has 0 bridgehead atoms. The van der Waals surface area contributed by atoms with Crippen molar-refractivity contribution >= 4 is 28.4 Å². The van der Waals surface area contributed by atoms with Crippen LogP contribution >= 0.6 is 0 Å². The number of hydrogen-bond donors (Lipinski definition) is 1. The SMILES string of the molecule is N#C/C(=C\c1ccc(OCc2ccc([N+](=O)[O-])cc2)cc1)c1nc2ccccc2[nH]1. The molecule has 0 aliphatic rings. The van der Waals surface area contributed by atoms with Crippen LogP contribution in [0.3, 0.4) is 0 Å². The molecule has 3 aromatic carbocycles. The molecule has 30 heavy (non-hydrogen) atoms. The second-order valence-electron chi connectivity index (χ2n) is 6.55. The van der Waals surface area contributed by atoms with E-state index in [2.05, 4.69) is 16.0 Å². The molecule has 0 amide bonds. The molecule has 0 aliphatic carbocycles. The molecule has 7 nitrogen and oxygen atoms in total. The number of para-hydroxylation sites is 2. The number of hydrogen-bond acceptors (Lipinski definition) is 5. The Morgan fingerprint density at radius 2 is 1.83 bits per heavy atom. The summed E-state index contributed by atoms with van der Waals surface area (Å²) in [6, 6.07) is 23.4. The van der Waals surface area contributed by atoms with Crippen LogP contribution in [0.1, 0.15) is 17.0 Å². The molecule has 4 aromatic rings. The van der Waals surface area contributed by atoms with Crippen molar-refractivity contribution in [1.82, 2.24) is 9.97 Å². The van der Waals surface area contributed by atoms with Gasteiger partial charge in [-0.3, -0.25) is 10.1 Å². The summed E-state index contributed by atoms with van der Waals surface area (Å²) in [5.74, 6) is 1.19. The van der Waals surface area contributed by atoms with Crippen molar-refractivity contribution in [3.05, 3.63) is 99.9 Å². The number of nitrogens with zero attached hydrogens (tertiary/aromatic N) is 3. The maximum absolute atomic E-state index is 10.7. The van der Waals surface area contributed by atoms with Gasteiger partial charge in [-0.05, 0) is 53.6 Å². The van der Waals surface area contributed by atoms with E-state index in [1.807, 2.05) is 48.5 Å². The summed E-state index contributed by atoms with van der Waals surface area (Å²) in [4.78, 5) is 17.9. The first-order chi connectivity index (χ1) is 14.6. The fraction of sp³-hybridized carbons (Fsp3) is 0.0435. The zero-order valence-electron chi connectivity index (χ0n) is 15.8. The number of rotatable bonds is 6. The van der Waals surface area contributed by atoms with Gasteiger partial charge in [0.25, 0.3) is 5.69 Å². The van der Waals surface area contributed by atoms with E-state index < -0.39 is 4.92 Å². The maximum atomic E-state index is 10.7. The Labute approximate surface area is 172 Å². The van der Waals surface area contributed by atoms with E-state index in [-0.39, 0.29) is 5.69 Å². The molecule has 0 saturated heterocycles. The van der Waals surface area contributed by atoms with Gasteiger partial charge in [-0.2, -0.15) is 5.26 Å². The minimum atomic E-state index is -0.433. The average Bonchev–Trinajstić information content (AvgIpc) is 3.21. The molecule has 0 spiro atoms. The highest BCUT2D eigenvalue weighted by Gasteiger charge is 2.08. The minimum Gasteiger partial charge on any atom is -0.489 e. The summed E-state index contributed by atoms with van der Waals surface area (Å²) in [5.41, 5.74) is 3.85.